The second kappa shape index (κ2) is 15.5. The van der Waals surface area contributed by atoms with E-state index in [9.17, 15) is 24.3 Å². The first-order chi connectivity index (χ1) is 22.9. The predicted octanol–water partition coefficient (Wildman–Crippen LogP) is 9.88. The third kappa shape index (κ3) is 7.49. The lowest BCUT2D eigenvalue weighted by molar-refractivity contribution is -0.115. The summed E-state index contributed by atoms with van der Waals surface area (Å²) in [7, 11) is 1.33. The summed E-state index contributed by atoms with van der Waals surface area (Å²) in [5, 5.41) is 13.9. The van der Waals surface area contributed by atoms with Gasteiger partial charge in [0.05, 0.1) is 49.1 Å². The van der Waals surface area contributed by atoms with E-state index in [0.29, 0.717) is 39.9 Å². The maximum absolute atomic E-state index is 13.6. The van der Waals surface area contributed by atoms with Crippen LogP contribution < -0.4 is 10.6 Å². The molecule has 250 valence electrons. The summed E-state index contributed by atoms with van der Waals surface area (Å²) in [6.45, 7) is 1.87. The summed E-state index contributed by atoms with van der Waals surface area (Å²) < 4.78 is 5.11. The molecule has 2 atom stereocenters. The zero-order valence-corrected chi connectivity index (χ0v) is 30.2. The number of halogens is 4. The van der Waals surface area contributed by atoms with Gasteiger partial charge < -0.3 is 20.5 Å². The minimum atomic E-state index is -1.51. The Balaban J connectivity index is 1.34. The Morgan fingerprint density at radius 2 is 1.62 bits per heavy atom. The molecule has 3 N–H and O–H groups in total. The van der Waals surface area contributed by atoms with Crippen LogP contribution in [0.25, 0.3) is 0 Å². The van der Waals surface area contributed by atoms with E-state index < -0.39 is 39.2 Å². The van der Waals surface area contributed by atoms with E-state index >= 15 is 0 Å². The van der Waals surface area contributed by atoms with Gasteiger partial charge in [-0.25, -0.2) is 9.59 Å². The number of thioether (sulfide) groups is 1. The number of ether oxygens (including phenoxy) is 1. The van der Waals surface area contributed by atoms with Gasteiger partial charge in [0.1, 0.15) is 5.00 Å². The molecule has 1 aromatic heterocycles. The van der Waals surface area contributed by atoms with E-state index in [-0.39, 0.29) is 21.0 Å². The number of anilines is 2. The molecule has 0 fully saturated rings. The van der Waals surface area contributed by atoms with Crippen molar-refractivity contribution in [3.8, 4) is 0 Å². The highest BCUT2D eigenvalue weighted by atomic mass is 35.5. The zero-order valence-electron chi connectivity index (χ0n) is 25.5. The molecule has 5 rings (SSSR count). The Bertz CT molecular complexity index is 1920. The van der Waals surface area contributed by atoms with Crippen molar-refractivity contribution in [1.82, 2.24) is 0 Å². The average molecular weight is 767 g/mol. The molecule has 0 radical (unpaired) electrons. The number of amides is 2. The van der Waals surface area contributed by atoms with E-state index in [4.69, 9.17) is 51.1 Å². The Morgan fingerprint density at radius 1 is 0.938 bits per heavy atom. The quantitative estimate of drug-likeness (QED) is 0.0636. The molecule has 8 nitrogen and oxygen atoms in total. The molecule has 1 aliphatic carbocycles. The topological polar surface area (TPSA) is 122 Å². The van der Waals surface area contributed by atoms with Gasteiger partial charge in [-0.1, -0.05) is 89.7 Å². The van der Waals surface area contributed by atoms with Gasteiger partial charge in [-0.05, 0) is 60.9 Å². The molecule has 2 unspecified atom stereocenters. The number of nitrogens with one attached hydrogen (secondary N) is 2. The lowest BCUT2D eigenvalue weighted by atomic mass is 9.83. The van der Waals surface area contributed by atoms with E-state index in [1.807, 2.05) is 25.1 Å². The number of carboxylic acids is 1. The van der Waals surface area contributed by atoms with Crippen molar-refractivity contribution < 1.29 is 29.0 Å². The second-order valence-corrected chi connectivity index (χ2v) is 14.7. The number of carboxylic acid groups (broad SMARTS) is 1. The SMILES string of the molecule is CCC(Sc1cccc(NC(=O)c2c(Cl)c(Cl)c(Cl)c(Cl)c2C(=O)O)c1)C(=O)Nc1sc2c(c1C(=O)OC)CCC(c1ccccc1)C2. The van der Waals surface area contributed by atoms with Crippen LogP contribution in [-0.2, 0) is 22.4 Å². The fraction of sp³-hybridized carbons (Fsp3) is 0.235. The predicted molar refractivity (Wildman–Crippen MR) is 193 cm³/mol. The van der Waals surface area contributed by atoms with Crippen molar-refractivity contribution in [2.45, 2.75) is 48.7 Å². The van der Waals surface area contributed by atoms with Gasteiger partial charge in [-0.3, -0.25) is 9.59 Å². The number of hydrogen-bond donors (Lipinski definition) is 3. The second-order valence-electron chi connectivity index (χ2n) is 10.8. The summed E-state index contributed by atoms with van der Waals surface area (Å²) in [5.74, 6) is -2.83. The van der Waals surface area contributed by atoms with Crippen LogP contribution in [0.4, 0.5) is 10.7 Å². The fourth-order valence-corrected chi connectivity index (χ4v) is 8.92. The molecule has 0 saturated heterocycles. The molecule has 0 bridgehead atoms. The maximum atomic E-state index is 13.6. The minimum absolute atomic E-state index is 0.252. The van der Waals surface area contributed by atoms with E-state index in [1.165, 1.54) is 35.8 Å². The first-order valence-corrected chi connectivity index (χ1v) is 17.9. The number of aromatic carboxylic acids is 1. The highest BCUT2D eigenvalue weighted by Gasteiger charge is 2.32. The van der Waals surface area contributed by atoms with Gasteiger partial charge in [0.2, 0.25) is 5.91 Å². The number of carbonyl (C=O) groups is 4. The number of rotatable bonds is 10. The van der Waals surface area contributed by atoms with Gasteiger partial charge in [-0.15, -0.1) is 23.1 Å². The lowest BCUT2D eigenvalue weighted by Gasteiger charge is -2.22. The summed E-state index contributed by atoms with van der Waals surface area (Å²) in [6.07, 6.45) is 2.81. The molecule has 14 heteroatoms. The lowest BCUT2D eigenvalue weighted by Crippen LogP contribution is -2.25. The number of carbonyl (C=O) groups excluding carboxylic acids is 3. The number of esters is 1. The van der Waals surface area contributed by atoms with Crippen LogP contribution in [0.2, 0.25) is 20.1 Å². The Kier molecular flexibility index (Phi) is 11.7. The fourth-order valence-electron chi connectivity index (χ4n) is 5.57. The molecule has 48 heavy (non-hydrogen) atoms. The van der Waals surface area contributed by atoms with Crippen LogP contribution >= 0.6 is 69.5 Å². The molecule has 4 aromatic rings. The molecule has 1 aliphatic rings. The monoisotopic (exact) mass is 764 g/mol. The van der Waals surface area contributed by atoms with Crippen molar-refractivity contribution in [2.75, 3.05) is 17.7 Å². The zero-order chi connectivity index (χ0) is 34.7. The summed E-state index contributed by atoms with van der Waals surface area (Å²) >= 11 is 27.1. The Hall–Kier alpha value is -3.25. The van der Waals surface area contributed by atoms with Crippen LogP contribution in [0.3, 0.4) is 0 Å². The van der Waals surface area contributed by atoms with Crippen molar-refractivity contribution >= 4 is 104 Å². The molecule has 0 saturated carbocycles. The van der Waals surface area contributed by atoms with Gasteiger partial charge in [0.25, 0.3) is 5.91 Å². The third-order valence-corrected chi connectivity index (χ3v) is 12.2. The standard InChI is InChI=1S/C34H28Cl4N2O6S2/c1-3-21(30(41)40-32-23(34(45)46-2)20-13-12-17(14-22(20)48-32)16-8-5-4-6-9-16)47-19-11-7-10-18(15-19)39-31(42)24-25(33(43)44)27(36)29(38)28(37)26(24)35/h4-11,15,17,21H,3,12-14H2,1-2H3,(H,39,42)(H,40,41)(H,43,44). The van der Waals surface area contributed by atoms with Crippen molar-refractivity contribution in [3.05, 3.63) is 107 Å². The van der Waals surface area contributed by atoms with E-state index in [0.717, 1.165) is 23.3 Å². The van der Waals surface area contributed by atoms with Gasteiger partial charge >= 0.3 is 11.9 Å². The van der Waals surface area contributed by atoms with Crippen molar-refractivity contribution in [3.63, 3.8) is 0 Å². The van der Waals surface area contributed by atoms with Crippen LogP contribution in [-0.4, -0.2) is 41.2 Å². The first kappa shape index (κ1) is 36.0. The number of thiophene rings is 1. The van der Waals surface area contributed by atoms with Crippen LogP contribution in [0.15, 0.2) is 59.5 Å². The number of hydrogen-bond acceptors (Lipinski definition) is 7. The van der Waals surface area contributed by atoms with E-state index in [2.05, 4.69) is 22.8 Å². The average Bonchev–Trinajstić information content (AvgIpc) is 3.44. The maximum Gasteiger partial charge on any atom is 0.341 e. The molecular formula is C34H28Cl4N2O6S2. The Morgan fingerprint density at radius 3 is 2.27 bits per heavy atom. The smallest absolute Gasteiger partial charge is 0.341 e. The largest absolute Gasteiger partial charge is 0.478 e. The summed E-state index contributed by atoms with van der Waals surface area (Å²) in [6, 6.07) is 16.9. The number of methoxy groups -OCH3 is 1. The van der Waals surface area contributed by atoms with Gasteiger partial charge in [-0.2, -0.15) is 0 Å². The third-order valence-electron chi connectivity index (χ3n) is 7.90. The normalized spacial score (nSPS) is 14.5. The minimum Gasteiger partial charge on any atom is -0.478 e. The number of benzene rings is 3. The van der Waals surface area contributed by atoms with Crippen LogP contribution in [0, 0.1) is 0 Å². The number of fused-ring (bicyclic) bond motifs is 1. The molecule has 1 heterocycles. The highest BCUT2D eigenvalue weighted by Crippen LogP contribution is 2.44. The van der Waals surface area contributed by atoms with Crippen LogP contribution in [0.1, 0.15) is 72.8 Å². The van der Waals surface area contributed by atoms with Gasteiger partial charge in [0, 0.05) is 15.5 Å². The van der Waals surface area contributed by atoms with E-state index in [1.54, 1.807) is 24.3 Å². The van der Waals surface area contributed by atoms with Gasteiger partial charge in [0.15, 0.2) is 0 Å². The molecule has 3 aromatic carbocycles. The van der Waals surface area contributed by atoms with Crippen LogP contribution in [0.5, 0.6) is 0 Å². The highest BCUT2D eigenvalue weighted by molar-refractivity contribution is 8.00. The first-order valence-electron chi connectivity index (χ1n) is 14.7. The van der Waals surface area contributed by atoms with Crippen molar-refractivity contribution in [1.29, 1.82) is 0 Å². The molecule has 2 amide bonds. The summed E-state index contributed by atoms with van der Waals surface area (Å²) in [4.78, 5) is 53.4. The molecule has 0 spiro atoms. The Labute approximate surface area is 305 Å². The summed E-state index contributed by atoms with van der Waals surface area (Å²) in [5.41, 5.74) is 1.86. The molecule has 0 aliphatic heterocycles. The molecular weight excluding hydrogens is 738 g/mol. The van der Waals surface area contributed by atoms with Crippen molar-refractivity contribution in [2.24, 2.45) is 0 Å².